The molecular weight excluding hydrogens is 296 g/mol. The molecule has 0 saturated carbocycles. The number of unbranched alkanes of at least 4 members (excludes halogenated alkanes) is 1. The van der Waals surface area contributed by atoms with Crippen molar-refractivity contribution in [2.45, 2.75) is 26.7 Å². The molecule has 0 amide bonds. The van der Waals surface area contributed by atoms with Crippen molar-refractivity contribution in [1.29, 1.82) is 0 Å². The van der Waals surface area contributed by atoms with Crippen molar-refractivity contribution in [2.75, 3.05) is 13.2 Å². The number of benzene rings is 1. The van der Waals surface area contributed by atoms with Gasteiger partial charge in [0.1, 0.15) is 11.3 Å². The van der Waals surface area contributed by atoms with E-state index in [9.17, 15) is 9.59 Å². The van der Waals surface area contributed by atoms with Crippen molar-refractivity contribution in [3.8, 4) is 5.75 Å². The van der Waals surface area contributed by atoms with Gasteiger partial charge in [0.25, 0.3) is 0 Å². The predicted molar refractivity (Wildman–Crippen MR) is 87.7 cm³/mol. The van der Waals surface area contributed by atoms with Gasteiger partial charge in [-0.15, -0.1) is 0 Å². The summed E-state index contributed by atoms with van der Waals surface area (Å²) in [5, 5.41) is 0.896. The highest BCUT2D eigenvalue weighted by atomic mass is 16.5. The van der Waals surface area contributed by atoms with Gasteiger partial charge in [-0.3, -0.25) is 0 Å². The topological polar surface area (TPSA) is 65.7 Å². The molecule has 0 aliphatic rings. The summed E-state index contributed by atoms with van der Waals surface area (Å²) in [6, 6.07) is 6.91. The molecule has 0 fully saturated rings. The Labute approximate surface area is 134 Å². The normalized spacial score (nSPS) is 11.0. The SMILES string of the molecule is CC=CC(=O)OCCCCOc1ccc2c(C)cc(=O)oc2c1. The highest BCUT2D eigenvalue weighted by Gasteiger charge is 2.04. The molecule has 1 aromatic heterocycles. The van der Waals surface area contributed by atoms with Crippen molar-refractivity contribution >= 4 is 16.9 Å². The van der Waals surface area contributed by atoms with E-state index in [1.807, 2.05) is 19.1 Å². The molecule has 122 valence electrons. The number of hydrogen-bond acceptors (Lipinski definition) is 5. The van der Waals surface area contributed by atoms with Crippen LogP contribution in [0.1, 0.15) is 25.3 Å². The molecule has 1 heterocycles. The third-order valence-corrected chi connectivity index (χ3v) is 3.28. The van der Waals surface area contributed by atoms with E-state index in [0.717, 1.165) is 23.8 Å². The van der Waals surface area contributed by atoms with Gasteiger partial charge >= 0.3 is 11.6 Å². The summed E-state index contributed by atoms with van der Waals surface area (Å²) in [6.07, 6.45) is 4.52. The maximum atomic E-state index is 11.4. The molecular formula is C18H20O5. The number of allylic oxidation sites excluding steroid dienone is 1. The van der Waals surface area contributed by atoms with Gasteiger partial charge in [0, 0.05) is 23.6 Å². The number of carbonyl (C=O) groups excluding carboxylic acids is 1. The van der Waals surface area contributed by atoms with Crippen LogP contribution in [-0.4, -0.2) is 19.2 Å². The number of hydrogen-bond donors (Lipinski definition) is 0. The predicted octanol–water partition coefficient (Wildman–Crippen LogP) is 3.38. The number of esters is 1. The average Bonchev–Trinajstić information content (AvgIpc) is 2.50. The molecule has 0 unspecified atom stereocenters. The standard InChI is InChI=1S/C18H20O5/c1-3-6-17(19)22-10-5-4-9-21-14-7-8-15-13(2)11-18(20)23-16(15)12-14/h3,6-8,11-12H,4-5,9-10H2,1-2H3. The summed E-state index contributed by atoms with van der Waals surface area (Å²) in [4.78, 5) is 22.5. The number of fused-ring (bicyclic) bond motifs is 1. The Kier molecular flexibility index (Phi) is 5.97. The van der Waals surface area contributed by atoms with Gasteiger partial charge in [-0.2, -0.15) is 0 Å². The Bertz CT molecular complexity index is 758. The van der Waals surface area contributed by atoms with Crippen molar-refractivity contribution < 1.29 is 18.7 Å². The van der Waals surface area contributed by atoms with E-state index in [2.05, 4.69) is 0 Å². The Hall–Kier alpha value is -2.56. The molecule has 1 aromatic carbocycles. The minimum Gasteiger partial charge on any atom is -0.493 e. The Morgan fingerprint density at radius 1 is 1.22 bits per heavy atom. The number of aryl methyl sites for hydroxylation is 1. The third-order valence-electron chi connectivity index (χ3n) is 3.28. The van der Waals surface area contributed by atoms with Crippen molar-refractivity contribution in [3.63, 3.8) is 0 Å². The second-order valence-corrected chi connectivity index (χ2v) is 5.13. The Morgan fingerprint density at radius 2 is 2.00 bits per heavy atom. The van der Waals surface area contributed by atoms with Crippen LogP contribution in [0.3, 0.4) is 0 Å². The number of carbonyl (C=O) groups is 1. The maximum absolute atomic E-state index is 11.4. The van der Waals surface area contributed by atoms with Crippen LogP contribution in [0.2, 0.25) is 0 Å². The fourth-order valence-corrected chi connectivity index (χ4v) is 2.15. The zero-order valence-corrected chi connectivity index (χ0v) is 13.3. The molecule has 0 N–H and O–H groups in total. The second-order valence-electron chi connectivity index (χ2n) is 5.13. The smallest absolute Gasteiger partial charge is 0.336 e. The first-order chi connectivity index (χ1) is 11.1. The lowest BCUT2D eigenvalue weighted by atomic mass is 10.1. The Balaban J connectivity index is 1.81. The van der Waals surface area contributed by atoms with Gasteiger partial charge in [-0.25, -0.2) is 9.59 Å². The van der Waals surface area contributed by atoms with E-state index >= 15 is 0 Å². The summed E-state index contributed by atoms with van der Waals surface area (Å²) in [5.74, 6) is 0.325. The monoisotopic (exact) mass is 316 g/mol. The van der Waals surface area contributed by atoms with Crippen molar-refractivity contribution in [3.05, 3.63) is 52.4 Å². The molecule has 0 aliphatic heterocycles. The Morgan fingerprint density at radius 3 is 2.78 bits per heavy atom. The second kappa shape index (κ2) is 8.17. The van der Waals surface area contributed by atoms with E-state index < -0.39 is 0 Å². The number of rotatable bonds is 7. The minimum absolute atomic E-state index is 0.326. The number of ether oxygens (including phenoxy) is 2. The van der Waals surface area contributed by atoms with Gasteiger partial charge in [-0.1, -0.05) is 6.08 Å². The van der Waals surface area contributed by atoms with Crippen LogP contribution < -0.4 is 10.4 Å². The molecule has 5 heteroatoms. The van der Waals surface area contributed by atoms with E-state index in [0.29, 0.717) is 24.5 Å². The summed E-state index contributed by atoms with van der Waals surface area (Å²) in [5.41, 5.74) is 1.04. The largest absolute Gasteiger partial charge is 0.493 e. The van der Waals surface area contributed by atoms with E-state index in [4.69, 9.17) is 13.9 Å². The van der Waals surface area contributed by atoms with E-state index in [-0.39, 0.29) is 11.6 Å². The van der Waals surface area contributed by atoms with Gasteiger partial charge < -0.3 is 13.9 Å². The quantitative estimate of drug-likeness (QED) is 0.339. The zero-order chi connectivity index (χ0) is 16.7. The fourth-order valence-electron chi connectivity index (χ4n) is 2.15. The summed E-state index contributed by atoms with van der Waals surface area (Å²) in [6.45, 7) is 4.51. The molecule has 5 nitrogen and oxygen atoms in total. The first-order valence-corrected chi connectivity index (χ1v) is 7.57. The van der Waals surface area contributed by atoms with Crippen LogP contribution in [0.5, 0.6) is 5.75 Å². The first kappa shape index (κ1) is 16.8. The molecule has 0 radical (unpaired) electrons. The van der Waals surface area contributed by atoms with Crippen molar-refractivity contribution in [2.24, 2.45) is 0 Å². The van der Waals surface area contributed by atoms with Crippen LogP contribution in [0.4, 0.5) is 0 Å². The van der Waals surface area contributed by atoms with Crippen LogP contribution in [0, 0.1) is 6.92 Å². The molecule has 0 saturated heterocycles. The van der Waals surface area contributed by atoms with Crippen LogP contribution >= 0.6 is 0 Å². The molecule has 0 aliphatic carbocycles. The summed E-state index contributed by atoms with van der Waals surface area (Å²) < 4.78 is 15.8. The summed E-state index contributed by atoms with van der Waals surface area (Å²) >= 11 is 0. The molecule has 0 atom stereocenters. The fraction of sp³-hybridized carbons (Fsp3) is 0.333. The average molecular weight is 316 g/mol. The minimum atomic E-state index is -0.366. The lowest BCUT2D eigenvalue weighted by Gasteiger charge is -2.07. The molecule has 2 aromatic rings. The third kappa shape index (κ3) is 4.98. The van der Waals surface area contributed by atoms with E-state index in [1.54, 1.807) is 19.1 Å². The van der Waals surface area contributed by atoms with Gasteiger partial charge in [0.15, 0.2) is 0 Å². The maximum Gasteiger partial charge on any atom is 0.336 e. The molecule has 2 rings (SSSR count). The lowest BCUT2D eigenvalue weighted by Crippen LogP contribution is -2.04. The zero-order valence-electron chi connectivity index (χ0n) is 13.3. The first-order valence-electron chi connectivity index (χ1n) is 7.57. The summed E-state index contributed by atoms with van der Waals surface area (Å²) in [7, 11) is 0. The van der Waals surface area contributed by atoms with E-state index in [1.165, 1.54) is 12.1 Å². The highest BCUT2D eigenvalue weighted by molar-refractivity contribution is 5.82. The van der Waals surface area contributed by atoms with Crippen LogP contribution in [-0.2, 0) is 9.53 Å². The van der Waals surface area contributed by atoms with Gasteiger partial charge in [0.2, 0.25) is 0 Å². The van der Waals surface area contributed by atoms with Crippen LogP contribution in [0.25, 0.3) is 11.0 Å². The van der Waals surface area contributed by atoms with Crippen molar-refractivity contribution in [1.82, 2.24) is 0 Å². The molecule has 0 bridgehead atoms. The van der Waals surface area contributed by atoms with Gasteiger partial charge in [-0.05, 0) is 44.4 Å². The molecule has 23 heavy (non-hydrogen) atoms. The van der Waals surface area contributed by atoms with Crippen LogP contribution in [0.15, 0.2) is 45.6 Å². The highest BCUT2D eigenvalue weighted by Crippen LogP contribution is 2.22. The lowest BCUT2D eigenvalue weighted by molar-refractivity contribution is -0.137. The molecule has 0 spiro atoms. The van der Waals surface area contributed by atoms with Gasteiger partial charge in [0.05, 0.1) is 13.2 Å².